The van der Waals surface area contributed by atoms with E-state index in [0.29, 0.717) is 26.4 Å². The third-order valence-corrected chi connectivity index (χ3v) is 6.21. The van der Waals surface area contributed by atoms with Crippen molar-refractivity contribution in [1.29, 1.82) is 0 Å². The van der Waals surface area contributed by atoms with Crippen molar-refractivity contribution in [3.05, 3.63) is 108 Å². The van der Waals surface area contributed by atoms with E-state index in [1.54, 1.807) is 0 Å². The fourth-order valence-electron chi connectivity index (χ4n) is 4.11. The van der Waals surface area contributed by atoms with Crippen LogP contribution in [-0.4, -0.2) is 68.8 Å². The Morgan fingerprint density at radius 2 is 1.32 bits per heavy atom. The van der Waals surface area contributed by atoms with Crippen molar-refractivity contribution in [2.75, 3.05) is 33.0 Å². The molecule has 1 heterocycles. The van der Waals surface area contributed by atoms with E-state index in [9.17, 15) is 9.90 Å². The maximum Gasteiger partial charge on any atom is 0.407 e. The van der Waals surface area contributed by atoms with Crippen LogP contribution in [-0.2, 0) is 48.2 Å². The number of carbonyl (C=O) groups is 1. The Morgan fingerprint density at radius 3 is 1.98 bits per heavy atom. The summed E-state index contributed by atoms with van der Waals surface area (Å²) < 4.78 is 34.4. The highest BCUT2D eigenvalue weighted by molar-refractivity contribution is 5.67. The van der Waals surface area contributed by atoms with Gasteiger partial charge in [-0.05, 0) is 16.7 Å². The highest BCUT2D eigenvalue weighted by Gasteiger charge is 2.45. The van der Waals surface area contributed by atoms with Gasteiger partial charge in [0.2, 0.25) is 0 Å². The summed E-state index contributed by atoms with van der Waals surface area (Å²) in [6.45, 7) is 2.22. The molecule has 4 rings (SSSR count). The Morgan fingerprint density at radius 1 is 0.725 bits per heavy atom. The first-order valence-corrected chi connectivity index (χ1v) is 13.4. The number of aliphatic hydroxyl groups excluding tert-OH is 1. The van der Waals surface area contributed by atoms with Gasteiger partial charge in [0.05, 0.1) is 39.6 Å². The second kappa shape index (κ2) is 16.7. The zero-order valence-corrected chi connectivity index (χ0v) is 22.4. The SMILES string of the molecule is O=C(NCCOCCO[C@H]1O[C@H](COCc2ccccc2)[C@@H](O)[C@H]1OCc1ccccc1)OCc1ccccc1. The van der Waals surface area contributed by atoms with Gasteiger partial charge in [0.15, 0.2) is 6.29 Å². The van der Waals surface area contributed by atoms with Gasteiger partial charge in [0.1, 0.15) is 24.9 Å². The van der Waals surface area contributed by atoms with Crippen molar-refractivity contribution < 1.29 is 38.3 Å². The Hall–Kier alpha value is -3.31. The smallest absolute Gasteiger partial charge is 0.407 e. The molecule has 0 unspecified atom stereocenters. The topological polar surface area (TPSA) is 105 Å². The first kappa shape index (κ1) is 29.7. The minimum atomic E-state index is -0.920. The van der Waals surface area contributed by atoms with E-state index in [1.807, 2.05) is 91.0 Å². The zero-order chi connectivity index (χ0) is 27.8. The second-order valence-electron chi connectivity index (χ2n) is 9.27. The quantitative estimate of drug-likeness (QED) is 0.259. The molecule has 2 N–H and O–H groups in total. The van der Waals surface area contributed by atoms with Crippen molar-refractivity contribution in [2.45, 2.75) is 44.4 Å². The number of hydrogen-bond acceptors (Lipinski definition) is 8. The van der Waals surface area contributed by atoms with E-state index < -0.39 is 30.7 Å². The van der Waals surface area contributed by atoms with Crippen LogP contribution in [0.5, 0.6) is 0 Å². The molecule has 4 atom stereocenters. The number of alkyl carbamates (subject to hydrolysis) is 1. The molecule has 214 valence electrons. The van der Waals surface area contributed by atoms with Crippen molar-refractivity contribution in [1.82, 2.24) is 5.32 Å². The van der Waals surface area contributed by atoms with E-state index in [-0.39, 0.29) is 26.4 Å². The summed E-state index contributed by atoms with van der Waals surface area (Å²) in [4.78, 5) is 11.8. The van der Waals surface area contributed by atoms with Crippen LogP contribution in [0.1, 0.15) is 16.7 Å². The lowest BCUT2D eigenvalue weighted by Crippen LogP contribution is -2.37. The molecule has 1 fully saturated rings. The van der Waals surface area contributed by atoms with Crippen molar-refractivity contribution in [3.8, 4) is 0 Å². The molecule has 0 radical (unpaired) electrons. The maximum absolute atomic E-state index is 11.8. The fraction of sp³-hybridized carbons (Fsp3) is 0.387. The second-order valence-corrected chi connectivity index (χ2v) is 9.27. The molecule has 9 heteroatoms. The van der Waals surface area contributed by atoms with Crippen molar-refractivity contribution >= 4 is 6.09 Å². The third-order valence-electron chi connectivity index (χ3n) is 6.21. The van der Waals surface area contributed by atoms with Gasteiger partial charge >= 0.3 is 6.09 Å². The Labute approximate surface area is 234 Å². The number of amides is 1. The normalized spacial score (nSPS) is 20.3. The third kappa shape index (κ3) is 10.0. The van der Waals surface area contributed by atoms with Gasteiger partial charge in [-0.3, -0.25) is 0 Å². The van der Waals surface area contributed by atoms with Gasteiger partial charge in [0, 0.05) is 6.54 Å². The van der Waals surface area contributed by atoms with Crippen LogP contribution in [0.2, 0.25) is 0 Å². The molecule has 1 aliphatic heterocycles. The predicted molar refractivity (Wildman–Crippen MR) is 147 cm³/mol. The molecular formula is C31H37NO8. The Balaban J connectivity index is 1.15. The summed E-state index contributed by atoms with van der Waals surface area (Å²) in [7, 11) is 0. The minimum Gasteiger partial charge on any atom is -0.445 e. The molecule has 3 aromatic carbocycles. The largest absolute Gasteiger partial charge is 0.445 e. The van der Waals surface area contributed by atoms with Crippen molar-refractivity contribution in [3.63, 3.8) is 0 Å². The lowest BCUT2D eigenvalue weighted by molar-refractivity contribution is -0.189. The van der Waals surface area contributed by atoms with Gasteiger partial charge in [-0.2, -0.15) is 0 Å². The number of hydrogen-bond donors (Lipinski definition) is 2. The Bertz CT molecular complexity index is 1100. The molecule has 0 bridgehead atoms. The summed E-state index contributed by atoms with van der Waals surface area (Å²) in [5.41, 5.74) is 2.94. The molecule has 1 saturated heterocycles. The molecule has 40 heavy (non-hydrogen) atoms. The fourth-order valence-corrected chi connectivity index (χ4v) is 4.11. The Kier molecular flexibility index (Phi) is 12.4. The van der Waals surface area contributed by atoms with Gasteiger partial charge in [-0.1, -0.05) is 91.0 Å². The van der Waals surface area contributed by atoms with E-state index >= 15 is 0 Å². The summed E-state index contributed by atoms with van der Waals surface area (Å²) in [6, 6.07) is 29.0. The average molecular weight is 552 g/mol. The van der Waals surface area contributed by atoms with Crippen molar-refractivity contribution in [2.24, 2.45) is 0 Å². The van der Waals surface area contributed by atoms with Gasteiger partial charge in [-0.25, -0.2) is 4.79 Å². The molecule has 1 aliphatic rings. The number of benzene rings is 3. The van der Waals surface area contributed by atoms with Gasteiger partial charge < -0.3 is 38.8 Å². The molecule has 1 amide bonds. The molecule has 3 aromatic rings. The highest BCUT2D eigenvalue weighted by Crippen LogP contribution is 2.26. The summed E-state index contributed by atoms with van der Waals surface area (Å²) in [6.07, 6.45) is -3.49. The number of carbonyl (C=O) groups excluding carboxylic acids is 1. The van der Waals surface area contributed by atoms with Gasteiger partial charge in [-0.15, -0.1) is 0 Å². The highest BCUT2D eigenvalue weighted by atomic mass is 16.7. The lowest BCUT2D eigenvalue weighted by atomic mass is 10.1. The number of aliphatic hydroxyl groups is 1. The standard InChI is InChI=1S/C31H37NO8/c33-28-27(23-36-20-24-10-4-1-5-11-24)40-30(29(28)38-21-25-12-6-2-7-13-25)37-19-18-35-17-16-32-31(34)39-22-26-14-8-3-9-15-26/h1-15,27-30,33H,16-23H2,(H,32,34)/t27-,28-,29-,30+/m1/s1. The van der Waals surface area contributed by atoms with E-state index in [0.717, 1.165) is 16.7 Å². The summed E-state index contributed by atoms with van der Waals surface area (Å²) >= 11 is 0. The monoisotopic (exact) mass is 551 g/mol. The first-order chi connectivity index (χ1) is 19.7. The first-order valence-electron chi connectivity index (χ1n) is 13.4. The minimum absolute atomic E-state index is 0.198. The van der Waals surface area contributed by atoms with E-state index in [2.05, 4.69) is 5.32 Å². The average Bonchev–Trinajstić information content (AvgIpc) is 3.29. The van der Waals surface area contributed by atoms with Crippen LogP contribution in [0.3, 0.4) is 0 Å². The van der Waals surface area contributed by atoms with Gasteiger partial charge in [0.25, 0.3) is 0 Å². The number of ether oxygens (including phenoxy) is 6. The molecule has 0 aromatic heterocycles. The van der Waals surface area contributed by atoms with Crippen LogP contribution >= 0.6 is 0 Å². The zero-order valence-electron chi connectivity index (χ0n) is 22.4. The number of nitrogens with one attached hydrogen (secondary N) is 1. The molecule has 0 aliphatic carbocycles. The van der Waals surface area contributed by atoms with E-state index in [1.165, 1.54) is 0 Å². The molecular weight excluding hydrogens is 514 g/mol. The van der Waals surface area contributed by atoms with Crippen LogP contribution in [0, 0.1) is 0 Å². The summed E-state index contributed by atoms with van der Waals surface area (Å²) in [5, 5.41) is 13.6. The van der Waals surface area contributed by atoms with Crippen LogP contribution < -0.4 is 5.32 Å². The molecule has 0 saturated carbocycles. The lowest BCUT2D eigenvalue weighted by Gasteiger charge is -2.21. The summed E-state index contributed by atoms with van der Waals surface area (Å²) in [5.74, 6) is 0. The van der Waals surface area contributed by atoms with Crippen LogP contribution in [0.15, 0.2) is 91.0 Å². The number of rotatable bonds is 16. The molecule has 0 spiro atoms. The van der Waals surface area contributed by atoms with Crippen LogP contribution in [0.4, 0.5) is 4.79 Å². The predicted octanol–water partition coefficient (Wildman–Crippen LogP) is 3.83. The van der Waals surface area contributed by atoms with Crippen LogP contribution in [0.25, 0.3) is 0 Å². The van der Waals surface area contributed by atoms with E-state index in [4.69, 9.17) is 28.4 Å². The maximum atomic E-state index is 11.8. The molecule has 9 nitrogen and oxygen atoms in total.